The lowest BCUT2D eigenvalue weighted by Crippen LogP contribution is -2.13. The molecule has 0 amide bonds. The number of sulfonamides is 1. The highest BCUT2D eigenvalue weighted by Crippen LogP contribution is 2.32. The predicted octanol–water partition coefficient (Wildman–Crippen LogP) is 5.69. The Morgan fingerprint density at radius 3 is 2.36 bits per heavy atom. The number of hydrogen-bond acceptors (Lipinski definition) is 4. The number of aromatic nitrogens is 1. The van der Waals surface area contributed by atoms with Gasteiger partial charge in [0.2, 0.25) is 0 Å². The molecule has 4 aromatic rings. The number of fused-ring (bicyclic) bond motifs is 1. The largest absolute Gasteiger partial charge is 0.357 e. The highest BCUT2D eigenvalue weighted by Gasteiger charge is 2.16. The Labute approximate surface area is 163 Å². The topological polar surface area (TPSA) is 86.7 Å². The Morgan fingerprint density at radius 2 is 1.61 bits per heavy atom. The molecule has 0 atom stereocenters. The lowest BCUT2D eigenvalue weighted by atomic mass is 10.2. The van der Waals surface area contributed by atoms with E-state index in [1.165, 1.54) is 0 Å². The number of para-hydroxylation sites is 1. The van der Waals surface area contributed by atoms with Crippen molar-refractivity contribution >= 4 is 38.0 Å². The second-order valence-corrected chi connectivity index (χ2v) is 8.04. The standard InChI is InChI=1S/C21H18N4O2S/c1-15-10-12-17(13-11-15)28(26,27)25-19-9-5-8-18-20(14-22-21(18)19)24-23-16-6-3-2-4-7-16/h2-14,22,25H,1H3/b24-23+. The van der Waals surface area contributed by atoms with Gasteiger partial charge in [-0.1, -0.05) is 48.0 Å². The van der Waals surface area contributed by atoms with Crippen LogP contribution in [0.2, 0.25) is 0 Å². The van der Waals surface area contributed by atoms with Crippen molar-refractivity contribution in [1.82, 2.24) is 4.98 Å². The third-order valence-electron chi connectivity index (χ3n) is 4.30. The molecule has 0 saturated carbocycles. The number of anilines is 1. The molecule has 1 aromatic heterocycles. The van der Waals surface area contributed by atoms with Gasteiger partial charge >= 0.3 is 0 Å². The highest BCUT2D eigenvalue weighted by atomic mass is 32.2. The van der Waals surface area contributed by atoms with Crippen LogP contribution in [0.4, 0.5) is 17.1 Å². The molecule has 0 unspecified atom stereocenters. The monoisotopic (exact) mass is 390 g/mol. The maximum Gasteiger partial charge on any atom is 0.261 e. The number of aromatic amines is 1. The summed E-state index contributed by atoms with van der Waals surface area (Å²) in [5.74, 6) is 0. The molecule has 0 saturated heterocycles. The molecule has 0 aliphatic rings. The average molecular weight is 390 g/mol. The third kappa shape index (κ3) is 3.65. The Hall–Kier alpha value is -3.45. The first-order valence-electron chi connectivity index (χ1n) is 8.69. The number of nitrogens with zero attached hydrogens (tertiary/aromatic N) is 2. The molecule has 0 aliphatic carbocycles. The van der Waals surface area contributed by atoms with Crippen LogP contribution in [-0.4, -0.2) is 13.4 Å². The van der Waals surface area contributed by atoms with Crippen molar-refractivity contribution in [2.45, 2.75) is 11.8 Å². The zero-order valence-electron chi connectivity index (χ0n) is 15.1. The van der Waals surface area contributed by atoms with E-state index >= 15 is 0 Å². The zero-order valence-corrected chi connectivity index (χ0v) is 15.9. The molecule has 4 rings (SSSR count). The molecular formula is C21H18N4O2S. The van der Waals surface area contributed by atoms with Crippen molar-refractivity contribution in [2.75, 3.05) is 4.72 Å². The predicted molar refractivity (Wildman–Crippen MR) is 111 cm³/mol. The van der Waals surface area contributed by atoms with Gasteiger partial charge in [0.05, 0.1) is 21.8 Å². The zero-order chi connectivity index (χ0) is 19.6. The summed E-state index contributed by atoms with van der Waals surface area (Å²) in [4.78, 5) is 3.31. The van der Waals surface area contributed by atoms with Gasteiger partial charge in [-0.05, 0) is 37.3 Å². The number of azo groups is 1. The minimum Gasteiger partial charge on any atom is -0.357 e. The second-order valence-electron chi connectivity index (χ2n) is 6.36. The highest BCUT2D eigenvalue weighted by molar-refractivity contribution is 7.92. The number of aryl methyl sites for hydroxylation is 1. The maximum atomic E-state index is 12.7. The first-order valence-corrected chi connectivity index (χ1v) is 10.2. The minimum absolute atomic E-state index is 0.214. The van der Waals surface area contributed by atoms with Gasteiger partial charge in [0.25, 0.3) is 10.0 Å². The lowest BCUT2D eigenvalue weighted by Gasteiger charge is -2.09. The molecule has 140 valence electrons. The molecule has 3 aromatic carbocycles. The van der Waals surface area contributed by atoms with Gasteiger partial charge in [-0.2, -0.15) is 5.11 Å². The van der Waals surface area contributed by atoms with Crippen molar-refractivity contribution in [3.63, 3.8) is 0 Å². The molecule has 1 heterocycles. The third-order valence-corrected chi connectivity index (χ3v) is 5.68. The normalized spacial score (nSPS) is 11.9. The average Bonchev–Trinajstić information content (AvgIpc) is 3.11. The lowest BCUT2D eigenvalue weighted by molar-refractivity contribution is 0.601. The van der Waals surface area contributed by atoms with Crippen LogP contribution in [0.5, 0.6) is 0 Å². The summed E-state index contributed by atoms with van der Waals surface area (Å²) >= 11 is 0. The van der Waals surface area contributed by atoms with Gasteiger partial charge in [0.1, 0.15) is 5.69 Å². The Balaban J connectivity index is 1.67. The fraction of sp³-hybridized carbons (Fsp3) is 0.0476. The summed E-state index contributed by atoms with van der Waals surface area (Å²) in [5, 5.41) is 9.29. The number of nitrogens with one attached hydrogen (secondary N) is 2. The van der Waals surface area contributed by atoms with Crippen molar-refractivity contribution in [3.8, 4) is 0 Å². The fourth-order valence-corrected chi connectivity index (χ4v) is 3.91. The molecule has 0 spiro atoms. The van der Waals surface area contributed by atoms with Gasteiger partial charge < -0.3 is 4.98 Å². The van der Waals surface area contributed by atoms with E-state index in [9.17, 15) is 8.42 Å². The summed E-state index contributed by atoms with van der Waals surface area (Å²) in [6.45, 7) is 1.91. The summed E-state index contributed by atoms with van der Waals surface area (Å²) in [5.41, 5.74) is 3.49. The number of H-pyrrole nitrogens is 1. The molecule has 0 bridgehead atoms. The van der Waals surface area contributed by atoms with Crippen LogP contribution in [0, 0.1) is 6.92 Å². The van der Waals surface area contributed by atoms with Gasteiger partial charge in [-0.25, -0.2) is 8.42 Å². The van der Waals surface area contributed by atoms with Crippen LogP contribution < -0.4 is 4.72 Å². The SMILES string of the molecule is Cc1ccc(S(=O)(=O)Nc2cccc3c(/N=N/c4ccccc4)c[nH]c23)cc1. The fourth-order valence-electron chi connectivity index (χ4n) is 2.83. The van der Waals surface area contributed by atoms with E-state index in [4.69, 9.17) is 0 Å². The van der Waals surface area contributed by atoms with E-state index in [1.54, 1.807) is 42.6 Å². The number of benzene rings is 3. The molecule has 7 heteroatoms. The molecule has 6 nitrogen and oxygen atoms in total. The molecule has 0 radical (unpaired) electrons. The Morgan fingerprint density at radius 1 is 0.857 bits per heavy atom. The molecule has 0 fully saturated rings. The van der Waals surface area contributed by atoms with Crippen LogP contribution in [0.3, 0.4) is 0 Å². The molecular weight excluding hydrogens is 372 g/mol. The van der Waals surface area contributed by atoms with Crippen LogP contribution >= 0.6 is 0 Å². The van der Waals surface area contributed by atoms with Gasteiger partial charge in [-0.15, -0.1) is 5.11 Å². The van der Waals surface area contributed by atoms with Crippen molar-refractivity contribution in [3.05, 3.63) is 84.6 Å². The molecule has 2 N–H and O–H groups in total. The van der Waals surface area contributed by atoms with Crippen molar-refractivity contribution in [1.29, 1.82) is 0 Å². The summed E-state index contributed by atoms with van der Waals surface area (Å²) in [6.07, 6.45) is 1.71. The molecule has 0 aliphatic heterocycles. The van der Waals surface area contributed by atoms with E-state index in [0.717, 1.165) is 16.6 Å². The van der Waals surface area contributed by atoms with Crippen LogP contribution in [0.15, 0.2) is 94.1 Å². The summed E-state index contributed by atoms with van der Waals surface area (Å²) in [6, 6.07) is 21.5. The quantitative estimate of drug-likeness (QED) is 0.429. The summed E-state index contributed by atoms with van der Waals surface area (Å²) < 4.78 is 28.1. The van der Waals surface area contributed by atoms with E-state index in [0.29, 0.717) is 16.9 Å². The Bertz CT molecular complexity index is 1240. The molecule has 28 heavy (non-hydrogen) atoms. The van der Waals surface area contributed by atoms with Crippen LogP contribution in [0.25, 0.3) is 10.9 Å². The second kappa shape index (κ2) is 7.28. The van der Waals surface area contributed by atoms with E-state index in [2.05, 4.69) is 19.9 Å². The summed E-state index contributed by atoms with van der Waals surface area (Å²) in [7, 11) is -3.69. The van der Waals surface area contributed by atoms with Gasteiger partial charge in [0.15, 0.2) is 0 Å². The smallest absolute Gasteiger partial charge is 0.261 e. The van der Waals surface area contributed by atoms with E-state index in [-0.39, 0.29) is 4.90 Å². The first-order chi connectivity index (χ1) is 13.5. The van der Waals surface area contributed by atoms with Crippen molar-refractivity contribution < 1.29 is 8.42 Å². The first kappa shape index (κ1) is 17.9. The van der Waals surface area contributed by atoms with Gasteiger partial charge in [0, 0.05) is 11.6 Å². The minimum atomic E-state index is -3.69. The van der Waals surface area contributed by atoms with E-state index in [1.807, 2.05) is 43.3 Å². The maximum absolute atomic E-state index is 12.7. The number of hydrogen-bond donors (Lipinski definition) is 2. The Kier molecular flexibility index (Phi) is 4.67. The van der Waals surface area contributed by atoms with E-state index < -0.39 is 10.0 Å². The van der Waals surface area contributed by atoms with Crippen LogP contribution in [-0.2, 0) is 10.0 Å². The van der Waals surface area contributed by atoms with Gasteiger partial charge in [-0.3, -0.25) is 4.72 Å². The van der Waals surface area contributed by atoms with Crippen molar-refractivity contribution in [2.24, 2.45) is 10.2 Å². The van der Waals surface area contributed by atoms with Crippen LogP contribution in [0.1, 0.15) is 5.56 Å². The number of rotatable bonds is 5.